The molecule has 2 aromatic carbocycles. The maximum absolute atomic E-state index is 8.04. The Morgan fingerprint density at radius 1 is 0.957 bits per heavy atom. The van der Waals surface area contributed by atoms with E-state index in [1.807, 2.05) is 12.1 Å². The number of benzene rings is 2. The van der Waals surface area contributed by atoms with E-state index in [-0.39, 0.29) is 5.41 Å². The van der Waals surface area contributed by atoms with Gasteiger partial charge in [0.2, 0.25) is 5.69 Å². The van der Waals surface area contributed by atoms with E-state index < -0.39 is 0 Å². The van der Waals surface area contributed by atoms with Gasteiger partial charge in [-0.05, 0) is 40.8 Å². The fourth-order valence-electron chi connectivity index (χ4n) is 4.01. The minimum Gasteiger partial charge on any atom is -0.201 e. The first-order valence-corrected chi connectivity index (χ1v) is 8.12. The van der Waals surface area contributed by atoms with Crippen LogP contribution in [0, 0.1) is 6.92 Å². The van der Waals surface area contributed by atoms with Crippen molar-refractivity contribution in [3.63, 3.8) is 0 Å². The van der Waals surface area contributed by atoms with Crippen LogP contribution in [0.15, 0.2) is 60.8 Å². The van der Waals surface area contributed by atoms with Crippen LogP contribution >= 0.6 is 0 Å². The van der Waals surface area contributed by atoms with Crippen LogP contribution in [0.5, 0.6) is 0 Å². The van der Waals surface area contributed by atoms with Crippen LogP contribution in [-0.2, 0) is 12.5 Å². The summed E-state index contributed by atoms with van der Waals surface area (Å²) in [6.07, 6.45) is 2.10. The van der Waals surface area contributed by atoms with Crippen molar-refractivity contribution in [2.24, 2.45) is 7.05 Å². The predicted molar refractivity (Wildman–Crippen MR) is 95.4 cm³/mol. The fourth-order valence-corrected chi connectivity index (χ4v) is 4.01. The highest BCUT2D eigenvalue weighted by Crippen LogP contribution is 2.52. The first kappa shape index (κ1) is 13.1. The minimum atomic E-state index is -0.105. The van der Waals surface area contributed by atoms with E-state index >= 15 is 0 Å². The van der Waals surface area contributed by atoms with Gasteiger partial charge in [0.1, 0.15) is 7.05 Å². The number of aryl methyl sites for hydroxylation is 2. The van der Waals surface area contributed by atoms with Crippen molar-refractivity contribution in [1.82, 2.24) is 0 Å². The summed E-state index contributed by atoms with van der Waals surface area (Å²) in [7, 11) is 2.10. The monoisotopic (exact) mass is 301 g/mol. The first-order chi connectivity index (χ1) is 11.4. The lowest BCUT2D eigenvalue weighted by molar-refractivity contribution is -0.660. The lowest BCUT2D eigenvalue weighted by Gasteiger charge is -2.24. The highest BCUT2D eigenvalue weighted by atomic mass is 14.9. The molecule has 1 nitrogen and oxygen atoms in total. The molecule has 0 amide bonds. The van der Waals surface area contributed by atoms with Gasteiger partial charge in [-0.25, -0.2) is 4.57 Å². The zero-order valence-corrected chi connectivity index (χ0v) is 14.1. The summed E-state index contributed by atoms with van der Waals surface area (Å²) in [6.45, 7) is 6.75. The SMILES string of the molecule is [2H]c1ccc2c(c1)C(C)(C)c1c-2ccc(C)c1-c1cccc[n+]1C. The molecular weight excluding hydrogens is 278 g/mol. The summed E-state index contributed by atoms with van der Waals surface area (Å²) in [5.41, 5.74) is 8.96. The summed E-state index contributed by atoms with van der Waals surface area (Å²) < 4.78 is 10.2. The number of hydrogen-bond acceptors (Lipinski definition) is 0. The predicted octanol–water partition coefficient (Wildman–Crippen LogP) is 4.79. The standard InChI is InChI=1S/C22H22N/c1-15-12-13-17-16-9-5-6-10-18(16)22(2,3)21(17)20(15)19-11-7-8-14-23(19)4/h5-14H,1-4H3/q+1/i6D. The third-order valence-corrected chi connectivity index (χ3v) is 5.18. The van der Waals surface area contributed by atoms with E-state index in [9.17, 15) is 0 Å². The van der Waals surface area contributed by atoms with Crippen LogP contribution in [-0.4, -0.2) is 0 Å². The van der Waals surface area contributed by atoms with Gasteiger partial charge in [-0.3, -0.25) is 0 Å². The molecular formula is C22H22N+. The van der Waals surface area contributed by atoms with E-state index in [0.29, 0.717) is 6.04 Å². The average molecular weight is 301 g/mol. The van der Waals surface area contributed by atoms with Crippen molar-refractivity contribution < 1.29 is 5.94 Å². The third kappa shape index (κ3) is 1.89. The topological polar surface area (TPSA) is 3.88 Å². The summed E-state index contributed by atoms with van der Waals surface area (Å²) in [5.74, 6) is 0. The first-order valence-electron chi connectivity index (χ1n) is 8.62. The minimum absolute atomic E-state index is 0.105. The van der Waals surface area contributed by atoms with Gasteiger partial charge in [-0.2, -0.15) is 0 Å². The Kier molecular flexibility index (Phi) is 2.72. The van der Waals surface area contributed by atoms with E-state index in [4.69, 9.17) is 1.37 Å². The van der Waals surface area contributed by atoms with E-state index in [1.165, 1.54) is 39.1 Å². The molecule has 0 fully saturated rings. The Morgan fingerprint density at radius 3 is 2.57 bits per heavy atom. The molecule has 0 spiro atoms. The lowest BCUT2D eigenvalue weighted by atomic mass is 9.78. The van der Waals surface area contributed by atoms with Crippen molar-refractivity contribution in [2.45, 2.75) is 26.2 Å². The molecule has 114 valence electrons. The summed E-state index contributed by atoms with van der Waals surface area (Å²) in [6, 6.07) is 17.4. The number of hydrogen-bond donors (Lipinski definition) is 0. The quantitative estimate of drug-likeness (QED) is 0.569. The molecule has 1 aromatic heterocycles. The van der Waals surface area contributed by atoms with E-state index in [2.05, 4.69) is 75.0 Å². The molecule has 0 N–H and O–H groups in total. The third-order valence-electron chi connectivity index (χ3n) is 5.18. The van der Waals surface area contributed by atoms with Crippen LogP contribution in [0.25, 0.3) is 22.4 Å². The van der Waals surface area contributed by atoms with Gasteiger partial charge in [-0.1, -0.05) is 50.2 Å². The molecule has 0 radical (unpaired) electrons. The van der Waals surface area contributed by atoms with Crippen molar-refractivity contribution in [3.05, 3.63) is 77.5 Å². The Bertz CT molecular complexity index is 970. The van der Waals surface area contributed by atoms with Crippen molar-refractivity contribution >= 4 is 0 Å². The molecule has 1 aliphatic carbocycles. The molecule has 1 aliphatic rings. The zero-order valence-electron chi connectivity index (χ0n) is 15.1. The van der Waals surface area contributed by atoms with E-state index in [1.54, 1.807) is 0 Å². The largest absolute Gasteiger partial charge is 0.212 e. The van der Waals surface area contributed by atoms with Crippen LogP contribution in [0.3, 0.4) is 0 Å². The van der Waals surface area contributed by atoms with Gasteiger partial charge < -0.3 is 0 Å². The second-order valence-corrected chi connectivity index (χ2v) is 6.97. The van der Waals surface area contributed by atoms with Gasteiger partial charge in [0.15, 0.2) is 6.20 Å². The molecule has 1 heterocycles. The Hall–Kier alpha value is -2.41. The summed E-state index contributed by atoms with van der Waals surface area (Å²) in [5, 5.41) is 0. The second-order valence-electron chi connectivity index (χ2n) is 6.97. The van der Waals surface area contributed by atoms with Gasteiger partial charge in [0, 0.05) is 17.5 Å². The number of aromatic nitrogens is 1. The van der Waals surface area contributed by atoms with Gasteiger partial charge in [-0.15, -0.1) is 0 Å². The average Bonchev–Trinajstić information content (AvgIpc) is 2.76. The Morgan fingerprint density at radius 2 is 1.78 bits per heavy atom. The van der Waals surface area contributed by atoms with Crippen LogP contribution < -0.4 is 4.57 Å². The van der Waals surface area contributed by atoms with Crippen molar-refractivity contribution in [3.8, 4) is 22.4 Å². The van der Waals surface area contributed by atoms with Gasteiger partial charge >= 0.3 is 0 Å². The Balaban J connectivity index is 2.11. The molecule has 0 aliphatic heterocycles. The second kappa shape index (κ2) is 4.79. The number of nitrogens with zero attached hydrogens (tertiary/aromatic N) is 1. The van der Waals surface area contributed by atoms with Crippen LogP contribution in [0.2, 0.25) is 0 Å². The molecule has 0 bridgehead atoms. The molecule has 0 unspecified atom stereocenters. The molecule has 3 aromatic rings. The molecule has 4 rings (SSSR count). The zero-order chi connectivity index (χ0) is 17.1. The van der Waals surface area contributed by atoms with Gasteiger partial charge in [0.25, 0.3) is 0 Å². The number of fused-ring (bicyclic) bond motifs is 3. The number of rotatable bonds is 1. The van der Waals surface area contributed by atoms with Crippen molar-refractivity contribution in [2.75, 3.05) is 0 Å². The van der Waals surface area contributed by atoms with Crippen LogP contribution in [0.4, 0.5) is 0 Å². The lowest BCUT2D eigenvalue weighted by Crippen LogP contribution is -2.31. The maximum atomic E-state index is 8.04. The highest BCUT2D eigenvalue weighted by molar-refractivity contribution is 5.88. The maximum Gasteiger partial charge on any atom is 0.212 e. The summed E-state index contributed by atoms with van der Waals surface area (Å²) >= 11 is 0. The molecule has 0 saturated heterocycles. The van der Waals surface area contributed by atoms with Crippen molar-refractivity contribution in [1.29, 1.82) is 0 Å². The number of pyridine rings is 1. The summed E-state index contributed by atoms with van der Waals surface area (Å²) in [4.78, 5) is 0. The van der Waals surface area contributed by atoms with Gasteiger partial charge in [0.05, 0.1) is 6.93 Å². The molecule has 0 atom stereocenters. The Labute approximate surface area is 139 Å². The highest BCUT2D eigenvalue weighted by Gasteiger charge is 2.39. The molecule has 23 heavy (non-hydrogen) atoms. The normalized spacial score (nSPS) is 15.0. The van der Waals surface area contributed by atoms with E-state index in [0.717, 1.165) is 0 Å². The molecule has 1 heteroatoms. The van der Waals surface area contributed by atoms with Crippen LogP contribution in [0.1, 0.15) is 31.9 Å². The fraction of sp³-hybridized carbons (Fsp3) is 0.227. The molecule has 0 saturated carbocycles. The smallest absolute Gasteiger partial charge is 0.201 e.